The standard InChI is InChI=1S/C13H16N4O/c1-2-12(18)14-9-8-11-15-13(17-16-11)10-6-4-3-5-7-10/h3-7H,2,8-9H2,1H3,(H,14,18)(H,15,16,17). The zero-order valence-electron chi connectivity index (χ0n) is 10.3. The number of carbonyl (C=O) groups excluding carboxylic acids is 1. The highest BCUT2D eigenvalue weighted by molar-refractivity contribution is 5.75. The molecule has 0 fully saturated rings. The Morgan fingerprint density at radius 3 is 2.83 bits per heavy atom. The summed E-state index contributed by atoms with van der Waals surface area (Å²) in [6.07, 6.45) is 1.16. The summed E-state index contributed by atoms with van der Waals surface area (Å²) in [6.45, 7) is 2.41. The Bertz CT molecular complexity index is 507. The largest absolute Gasteiger partial charge is 0.356 e. The number of amides is 1. The molecule has 0 aliphatic carbocycles. The molecule has 0 aliphatic rings. The molecule has 2 N–H and O–H groups in total. The Morgan fingerprint density at radius 2 is 2.11 bits per heavy atom. The molecule has 0 bridgehead atoms. The van der Waals surface area contributed by atoms with Crippen LogP contribution in [0.1, 0.15) is 19.2 Å². The van der Waals surface area contributed by atoms with Gasteiger partial charge in [0.15, 0.2) is 5.82 Å². The number of H-pyrrole nitrogens is 1. The van der Waals surface area contributed by atoms with Crippen LogP contribution < -0.4 is 5.32 Å². The molecule has 18 heavy (non-hydrogen) atoms. The molecule has 0 saturated heterocycles. The van der Waals surface area contributed by atoms with Gasteiger partial charge in [-0.05, 0) is 0 Å². The van der Waals surface area contributed by atoms with Crippen LogP contribution in [0.25, 0.3) is 11.4 Å². The highest BCUT2D eigenvalue weighted by Crippen LogP contribution is 2.13. The topological polar surface area (TPSA) is 70.7 Å². The Balaban J connectivity index is 1.93. The zero-order chi connectivity index (χ0) is 12.8. The maximum atomic E-state index is 11.1. The summed E-state index contributed by atoms with van der Waals surface area (Å²) in [5, 5.41) is 9.84. The molecule has 5 nitrogen and oxygen atoms in total. The summed E-state index contributed by atoms with van der Waals surface area (Å²) < 4.78 is 0. The van der Waals surface area contributed by atoms with Crippen molar-refractivity contribution in [2.24, 2.45) is 0 Å². The summed E-state index contributed by atoms with van der Waals surface area (Å²) in [5.41, 5.74) is 0.984. The first-order chi connectivity index (χ1) is 8.79. The second kappa shape index (κ2) is 5.95. The van der Waals surface area contributed by atoms with E-state index in [1.807, 2.05) is 37.3 Å². The summed E-state index contributed by atoms with van der Waals surface area (Å²) in [4.78, 5) is 15.5. The highest BCUT2D eigenvalue weighted by Gasteiger charge is 2.05. The molecule has 0 unspecified atom stereocenters. The second-order valence-corrected chi connectivity index (χ2v) is 3.93. The van der Waals surface area contributed by atoms with Gasteiger partial charge >= 0.3 is 0 Å². The SMILES string of the molecule is CCC(=O)NCCc1nc(-c2ccccc2)n[nH]1. The molecule has 2 aromatic rings. The van der Waals surface area contributed by atoms with E-state index in [9.17, 15) is 4.79 Å². The van der Waals surface area contributed by atoms with Gasteiger partial charge in [0.2, 0.25) is 5.91 Å². The van der Waals surface area contributed by atoms with Crippen molar-refractivity contribution in [1.82, 2.24) is 20.5 Å². The van der Waals surface area contributed by atoms with Crippen LogP contribution in [0.5, 0.6) is 0 Å². The third-order valence-corrected chi connectivity index (χ3v) is 2.57. The normalized spacial score (nSPS) is 10.3. The van der Waals surface area contributed by atoms with Crippen molar-refractivity contribution >= 4 is 5.91 Å². The number of benzene rings is 1. The fourth-order valence-corrected chi connectivity index (χ4v) is 1.57. The molecule has 5 heteroatoms. The average molecular weight is 244 g/mol. The Labute approximate surface area is 106 Å². The maximum absolute atomic E-state index is 11.1. The minimum atomic E-state index is 0.0535. The van der Waals surface area contributed by atoms with E-state index in [1.165, 1.54) is 0 Å². The molecule has 0 radical (unpaired) electrons. The Hall–Kier alpha value is -2.17. The molecule has 0 saturated carbocycles. The molecule has 1 aromatic heterocycles. The number of nitrogens with one attached hydrogen (secondary N) is 2. The maximum Gasteiger partial charge on any atom is 0.219 e. The van der Waals surface area contributed by atoms with Crippen molar-refractivity contribution in [1.29, 1.82) is 0 Å². The van der Waals surface area contributed by atoms with Crippen molar-refractivity contribution in [3.05, 3.63) is 36.2 Å². The van der Waals surface area contributed by atoms with Gasteiger partial charge < -0.3 is 5.32 Å². The van der Waals surface area contributed by atoms with Gasteiger partial charge in [-0.25, -0.2) is 4.98 Å². The first-order valence-electron chi connectivity index (χ1n) is 6.03. The van der Waals surface area contributed by atoms with Crippen molar-refractivity contribution in [3.63, 3.8) is 0 Å². The van der Waals surface area contributed by atoms with Crippen LogP contribution >= 0.6 is 0 Å². The van der Waals surface area contributed by atoms with E-state index in [4.69, 9.17) is 0 Å². The Kier molecular flexibility index (Phi) is 4.06. The lowest BCUT2D eigenvalue weighted by Crippen LogP contribution is -2.24. The lowest BCUT2D eigenvalue weighted by molar-refractivity contribution is -0.120. The van der Waals surface area contributed by atoms with E-state index in [-0.39, 0.29) is 5.91 Å². The van der Waals surface area contributed by atoms with E-state index in [0.29, 0.717) is 25.2 Å². The first-order valence-corrected chi connectivity index (χ1v) is 6.03. The van der Waals surface area contributed by atoms with Gasteiger partial charge in [-0.2, -0.15) is 5.10 Å². The fraction of sp³-hybridized carbons (Fsp3) is 0.308. The van der Waals surface area contributed by atoms with Crippen molar-refractivity contribution < 1.29 is 4.79 Å². The summed E-state index contributed by atoms with van der Waals surface area (Å²) in [5.74, 6) is 1.52. The second-order valence-electron chi connectivity index (χ2n) is 3.93. The number of nitrogens with zero attached hydrogens (tertiary/aromatic N) is 2. The van der Waals surface area contributed by atoms with Crippen LogP contribution in [0.2, 0.25) is 0 Å². The van der Waals surface area contributed by atoms with Gasteiger partial charge in [-0.15, -0.1) is 0 Å². The van der Waals surface area contributed by atoms with Crippen LogP contribution in [-0.4, -0.2) is 27.6 Å². The monoisotopic (exact) mass is 244 g/mol. The number of carbonyl (C=O) groups is 1. The predicted molar refractivity (Wildman–Crippen MR) is 68.8 cm³/mol. The van der Waals surface area contributed by atoms with Crippen LogP contribution in [0, 0.1) is 0 Å². The van der Waals surface area contributed by atoms with Crippen LogP contribution in [0.3, 0.4) is 0 Å². The molecule has 0 spiro atoms. The number of aromatic nitrogens is 3. The highest BCUT2D eigenvalue weighted by atomic mass is 16.1. The quantitative estimate of drug-likeness (QED) is 0.838. The molecule has 1 amide bonds. The lowest BCUT2D eigenvalue weighted by atomic mass is 10.2. The zero-order valence-corrected chi connectivity index (χ0v) is 10.3. The van der Waals surface area contributed by atoms with E-state index in [1.54, 1.807) is 0 Å². The van der Waals surface area contributed by atoms with E-state index >= 15 is 0 Å². The van der Waals surface area contributed by atoms with Gasteiger partial charge in [-0.3, -0.25) is 9.89 Å². The van der Waals surface area contributed by atoms with Gasteiger partial charge in [0, 0.05) is 24.9 Å². The number of hydrogen-bond donors (Lipinski definition) is 2. The van der Waals surface area contributed by atoms with Gasteiger partial charge in [0.1, 0.15) is 5.82 Å². The number of rotatable bonds is 5. The van der Waals surface area contributed by atoms with E-state index < -0.39 is 0 Å². The van der Waals surface area contributed by atoms with Crippen LogP contribution in [0.15, 0.2) is 30.3 Å². The van der Waals surface area contributed by atoms with Crippen molar-refractivity contribution in [2.45, 2.75) is 19.8 Å². The fourth-order valence-electron chi connectivity index (χ4n) is 1.57. The molecule has 0 atom stereocenters. The van der Waals surface area contributed by atoms with E-state index in [0.717, 1.165) is 11.4 Å². The van der Waals surface area contributed by atoms with Crippen LogP contribution in [-0.2, 0) is 11.2 Å². The summed E-state index contributed by atoms with van der Waals surface area (Å²) in [7, 11) is 0. The molecule has 0 aliphatic heterocycles. The molecule has 94 valence electrons. The Morgan fingerprint density at radius 1 is 1.33 bits per heavy atom. The first kappa shape index (κ1) is 12.3. The molecule has 1 heterocycles. The lowest BCUT2D eigenvalue weighted by Gasteiger charge is -2.00. The minimum Gasteiger partial charge on any atom is -0.356 e. The number of hydrogen-bond acceptors (Lipinski definition) is 3. The molecule has 1 aromatic carbocycles. The van der Waals surface area contributed by atoms with Crippen molar-refractivity contribution in [2.75, 3.05) is 6.54 Å². The molecule has 2 rings (SSSR count). The van der Waals surface area contributed by atoms with Gasteiger partial charge in [0.05, 0.1) is 0 Å². The third kappa shape index (κ3) is 3.16. The van der Waals surface area contributed by atoms with Crippen LogP contribution in [0.4, 0.5) is 0 Å². The number of aromatic amines is 1. The minimum absolute atomic E-state index is 0.0535. The molecular formula is C13H16N4O. The average Bonchev–Trinajstić information content (AvgIpc) is 2.88. The molecular weight excluding hydrogens is 228 g/mol. The van der Waals surface area contributed by atoms with E-state index in [2.05, 4.69) is 20.5 Å². The predicted octanol–water partition coefficient (Wildman–Crippen LogP) is 1.54. The van der Waals surface area contributed by atoms with Gasteiger partial charge in [0.25, 0.3) is 0 Å². The third-order valence-electron chi connectivity index (χ3n) is 2.57. The van der Waals surface area contributed by atoms with Gasteiger partial charge in [-0.1, -0.05) is 37.3 Å². The summed E-state index contributed by atoms with van der Waals surface area (Å²) >= 11 is 0. The smallest absolute Gasteiger partial charge is 0.219 e. The summed E-state index contributed by atoms with van der Waals surface area (Å²) in [6, 6.07) is 9.79. The van der Waals surface area contributed by atoms with Crippen molar-refractivity contribution in [3.8, 4) is 11.4 Å².